The van der Waals surface area contributed by atoms with Crippen LogP contribution < -0.4 is 5.56 Å². The van der Waals surface area contributed by atoms with E-state index in [0.717, 1.165) is 11.4 Å². The van der Waals surface area contributed by atoms with Gasteiger partial charge >= 0.3 is 0 Å². The highest BCUT2D eigenvalue weighted by Crippen LogP contribution is 2.29. The van der Waals surface area contributed by atoms with Gasteiger partial charge in [0, 0.05) is 19.2 Å². The van der Waals surface area contributed by atoms with Crippen molar-refractivity contribution in [2.75, 3.05) is 6.54 Å². The van der Waals surface area contributed by atoms with Crippen molar-refractivity contribution in [1.29, 1.82) is 0 Å². The van der Waals surface area contributed by atoms with E-state index < -0.39 is 0 Å². The molecule has 3 heterocycles. The number of imide groups is 1. The van der Waals surface area contributed by atoms with E-state index in [1.54, 1.807) is 46.6 Å². The van der Waals surface area contributed by atoms with Crippen LogP contribution in [-0.4, -0.2) is 38.8 Å². The first-order chi connectivity index (χ1) is 16.4. The Morgan fingerprint density at radius 3 is 2.41 bits per heavy atom. The number of fused-ring (bicyclic) bond motifs is 1. The lowest BCUT2D eigenvalue weighted by Gasteiger charge is -2.08. The fourth-order valence-electron chi connectivity index (χ4n) is 4.14. The highest BCUT2D eigenvalue weighted by Gasteiger charge is 2.34. The third kappa shape index (κ3) is 3.31. The van der Waals surface area contributed by atoms with Gasteiger partial charge in [-0.15, -0.1) is 0 Å². The predicted molar refractivity (Wildman–Crippen MR) is 128 cm³/mol. The minimum absolute atomic E-state index is 0.225. The van der Waals surface area contributed by atoms with Gasteiger partial charge in [0.2, 0.25) is 0 Å². The summed E-state index contributed by atoms with van der Waals surface area (Å²) in [6.45, 7) is 3.93. The van der Waals surface area contributed by atoms with Crippen molar-refractivity contribution in [3.05, 3.63) is 93.6 Å². The number of para-hydroxylation sites is 1. The Hall–Kier alpha value is -4.46. The largest absolute Gasteiger partial charge is 0.455 e. The molecule has 0 saturated carbocycles. The maximum atomic E-state index is 13.0. The van der Waals surface area contributed by atoms with Gasteiger partial charge in [-0.3, -0.25) is 24.0 Å². The summed E-state index contributed by atoms with van der Waals surface area (Å²) < 4.78 is 9.22. The van der Waals surface area contributed by atoms with Crippen molar-refractivity contribution < 1.29 is 14.0 Å². The molecular weight excluding hydrogens is 432 g/mol. The van der Waals surface area contributed by atoms with Gasteiger partial charge in [0.15, 0.2) is 5.69 Å². The number of hydrogen-bond acceptors (Lipinski definition) is 5. The van der Waals surface area contributed by atoms with Crippen LogP contribution in [0.1, 0.15) is 39.1 Å². The maximum absolute atomic E-state index is 13.0. The number of aromatic nitrogens is 2. The average molecular weight is 454 g/mol. The molecule has 1 aliphatic rings. The van der Waals surface area contributed by atoms with Crippen LogP contribution in [0.5, 0.6) is 0 Å². The SMILES string of the molecule is CCN1C(=O)c2ccc(-c3ccc(C=Nc4c(C)n(C)n(-c5ccccc5)c4=O)o3)cc2C1=O. The first-order valence-electron chi connectivity index (χ1n) is 10.9. The van der Waals surface area contributed by atoms with E-state index in [1.165, 1.54) is 11.1 Å². The molecule has 34 heavy (non-hydrogen) atoms. The number of furan rings is 1. The fraction of sp³-hybridized carbons (Fsp3) is 0.154. The molecule has 0 bridgehead atoms. The summed E-state index contributed by atoms with van der Waals surface area (Å²) >= 11 is 0. The molecule has 0 atom stereocenters. The molecule has 0 radical (unpaired) electrons. The zero-order chi connectivity index (χ0) is 24.0. The Morgan fingerprint density at radius 2 is 1.68 bits per heavy atom. The molecule has 0 N–H and O–H groups in total. The van der Waals surface area contributed by atoms with Gasteiger partial charge in [0.05, 0.1) is 28.7 Å². The normalized spacial score (nSPS) is 13.3. The summed E-state index contributed by atoms with van der Waals surface area (Å²) in [6.07, 6.45) is 1.50. The Balaban J connectivity index is 1.44. The van der Waals surface area contributed by atoms with Crippen molar-refractivity contribution in [1.82, 2.24) is 14.3 Å². The Morgan fingerprint density at radius 1 is 0.941 bits per heavy atom. The van der Waals surface area contributed by atoms with E-state index in [4.69, 9.17) is 4.42 Å². The van der Waals surface area contributed by atoms with Gasteiger partial charge in [0.1, 0.15) is 11.5 Å². The van der Waals surface area contributed by atoms with Crippen molar-refractivity contribution in [2.45, 2.75) is 13.8 Å². The first-order valence-corrected chi connectivity index (χ1v) is 10.9. The number of carbonyl (C=O) groups excluding carboxylic acids is 2. The second kappa shape index (κ2) is 8.15. The van der Waals surface area contributed by atoms with Gasteiger partial charge in [-0.25, -0.2) is 9.67 Å². The van der Waals surface area contributed by atoms with Crippen LogP contribution in [0.15, 0.2) is 74.9 Å². The van der Waals surface area contributed by atoms with Crippen LogP contribution >= 0.6 is 0 Å². The quantitative estimate of drug-likeness (QED) is 0.335. The van der Waals surface area contributed by atoms with Crippen molar-refractivity contribution in [3.63, 3.8) is 0 Å². The molecule has 2 aromatic carbocycles. The highest BCUT2D eigenvalue weighted by molar-refractivity contribution is 6.21. The number of benzene rings is 2. The van der Waals surface area contributed by atoms with Crippen LogP contribution in [0, 0.1) is 6.92 Å². The second-order valence-corrected chi connectivity index (χ2v) is 7.99. The number of rotatable bonds is 5. The topological polar surface area (TPSA) is 89.8 Å². The summed E-state index contributed by atoms with van der Waals surface area (Å²) in [5.41, 5.74) is 3.03. The number of amides is 2. The summed E-state index contributed by atoms with van der Waals surface area (Å²) in [4.78, 5) is 43.5. The highest BCUT2D eigenvalue weighted by atomic mass is 16.3. The molecule has 0 fully saturated rings. The van der Waals surface area contributed by atoms with E-state index in [-0.39, 0.29) is 17.4 Å². The molecule has 8 heteroatoms. The summed E-state index contributed by atoms with van der Waals surface area (Å²) in [7, 11) is 1.81. The third-order valence-electron chi connectivity index (χ3n) is 6.04. The summed E-state index contributed by atoms with van der Waals surface area (Å²) in [5.74, 6) is 0.417. The molecule has 2 aromatic heterocycles. The maximum Gasteiger partial charge on any atom is 0.297 e. The van der Waals surface area contributed by atoms with Crippen molar-refractivity contribution in [3.8, 4) is 17.0 Å². The number of carbonyl (C=O) groups is 2. The van der Waals surface area contributed by atoms with Crippen LogP contribution in [0.4, 0.5) is 5.69 Å². The van der Waals surface area contributed by atoms with Crippen LogP contribution in [0.2, 0.25) is 0 Å². The lowest BCUT2D eigenvalue weighted by molar-refractivity contribution is 0.0663. The Labute approximate surface area is 195 Å². The van der Waals surface area contributed by atoms with E-state index in [9.17, 15) is 14.4 Å². The molecule has 4 aromatic rings. The molecule has 8 nitrogen and oxygen atoms in total. The minimum atomic E-state index is -0.299. The van der Waals surface area contributed by atoms with Crippen molar-refractivity contribution in [2.24, 2.45) is 12.0 Å². The second-order valence-electron chi connectivity index (χ2n) is 7.99. The van der Waals surface area contributed by atoms with E-state index in [0.29, 0.717) is 40.4 Å². The standard InChI is InChI=1S/C26H22N4O4/c1-4-29-24(31)20-12-10-17(14-21(20)25(29)32)22-13-11-19(34-22)15-27-23-16(2)28(3)30(26(23)33)18-8-6-5-7-9-18/h5-15H,4H2,1-3H3. The third-order valence-corrected chi connectivity index (χ3v) is 6.04. The minimum Gasteiger partial charge on any atom is -0.455 e. The first kappa shape index (κ1) is 21.4. The predicted octanol–water partition coefficient (Wildman–Crippen LogP) is 4.11. The van der Waals surface area contributed by atoms with E-state index in [1.807, 2.05) is 44.3 Å². The molecule has 0 unspecified atom stereocenters. The lowest BCUT2D eigenvalue weighted by atomic mass is 10.0. The molecular formula is C26H22N4O4. The molecule has 0 saturated heterocycles. The molecule has 170 valence electrons. The van der Waals surface area contributed by atoms with Crippen LogP contribution in [-0.2, 0) is 7.05 Å². The van der Waals surface area contributed by atoms with Gasteiger partial charge in [-0.05, 0) is 50.2 Å². The van der Waals surface area contributed by atoms with Gasteiger partial charge in [0.25, 0.3) is 17.4 Å². The molecule has 5 rings (SSSR count). The average Bonchev–Trinajstić information content (AvgIpc) is 3.48. The summed E-state index contributed by atoms with van der Waals surface area (Å²) in [6, 6.07) is 18.0. The van der Waals surface area contributed by atoms with Gasteiger partial charge in [-0.1, -0.05) is 24.3 Å². The number of nitrogens with zero attached hydrogens (tertiary/aromatic N) is 4. The zero-order valence-electron chi connectivity index (χ0n) is 19.0. The zero-order valence-corrected chi connectivity index (χ0v) is 19.0. The van der Waals surface area contributed by atoms with Gasteiger partial charge < -0.3 is 4.42 Å². The Bertz CT molecular complexity index is 1520. The number of hydrogen-bond donors (Lipinski definition) is 0. The van der Waals surface area contributed by atoms with Gasteiger partial charge in [-0.2, -0.15) is 0 Å². The monoisotopic (exact) mass is 454 g/mol. The van der Waals surface area contributed by atoms with E-state index in [2.05, 4.69) is 4.99 Å². The smallest absolute Gasteiger partial charge is 0.297 e. The number of aliphatic imine (C=N–C) groups is 1. The molecule has 2 amide bonds. The lowest BCUT2D eigenvalue weighted by Crippen LogP contribution is -2.29. The summed E-state index contributed by atoms with van der Waals surface area (Å²) in [5, 5.41) is 0. The van der Waals surface area contributed by atoms with Crippen LogP contribution in [0.3, 0.4) is 0 Å². The van der Waals surface area contributed by atoms with E-state index >= 15 is 0 Å². The van der Waals surface area contributed by atoms with Crippen molar-refractivity contribution >= 4 is 23.7 Å². The molecule has 0 aliphatic carbocycles. The Kier molecular flexibility index (Phi) is 5.13. The van der Waals surface area contributed by atoms with Crippen LogP contribution in [0.25, 0.3) is 17.0 Å². The molecule has 1 aliphatic heterocycles. The molecule has 0 spiro atoms. The fourth-order valence-corrected chi connectivity index (χ4v) is 4.14.